The number of ether oxygens (including phenoxy) is 1. The first-order valence-corrected chi connectivity index (χ1v) is 4.69. The molecule has 14 heavy (non-hydrogen) atoms. The SMILES string of the molecule is O=C1c2ccc(Br)c(F)c2OCC1F. The van der Waals surface area contributed by atoms with Crippen LogP contribution < -0.4 is 4.74 Å². The van der Waals surface area contributed by atoms with Gasteiger partial charge in [-0.3, -0.25) is 4.79 Å². The van der Waals surface area contributed by atoms with E-state index in [1.807, 2.05) is 0 Å². The summed E-state index contributed by atoms with van der Waals surface area (Å²) >= 11 is 2.95. The molecule has 0 saturated carbocycles. The zero-order valence-electron chi connectivity index (χ0n) is 6.89. The standard InChI is InChI=1S/C9H5BrF2O2/c10-5-2-1-4-8(13)6(11)3-14-9(4)7(5)12/h1-2,6H,3H2. The van der Waals surface area contributed by atoms with E-state index in [-0.39, 0.29) is 15.8 Å². The molecule has 1 aromatic rings. The summed E-state index contributed by atoms with van der Waals surface area (Å²) in [5.41, 5.74) is -0.0375. The van der Waals surface area contributed by atoms with Crippen LogP contribution in [-0.2, 0) is 0 Å². The van der Waals surface area contributed by atoms with E-state index in [4.69, 9.17) is 4.74 Å². The van der Waals surface area contributed by atoms with Gasteiger partial charge in [-0.2, -0.15) is 0 Å². The molecule has 0 N–H and O–H groups in total. The number of ketones is 1. The van der Waals surface area contributed by atoms with Crippen molar-refractivity contribution >= 4 is 21.7 Å². The second-order valence-electron chi connectivity index (χ2n) is 2.88. The van der Waals surface area contributed by atoms with Crippen molar-refractivity contribution in [2.24, 2.45) is 0 Å². The number of benzene rings is 1. The van der Waals surface area contributed by atoms with Gasteiger partial charge in [-0.25, -0.2) is 8.78 Å². The number of hydrogen-bond donors (Lipinski definition) is 0. The minimum absolute atomic E-state index is 0.0375. The summed E-state index contributed by atoms with van der Waals surface area (Å²) in [6, 6.07) is 2.70. The predicted molar refractivity (Wildman–Crippen MR) is 48.8 cm³/mol. The number of carbonyl (C=O) groups excluding carboxylic acids is 1. The third-order valence-corrected chi connectivity index (χ3v) is 2.59. The van der Waals surface area contributed by atoms with E-state index in [2.05, 4.69) is 15.9 Å². The first-order valence-electron chi connectivity index (χ1n) is 3.90. The van der Waals surface area contributed by atoms with Crippen LogP contribution >= 0.6 is 15.9 Å². The van der Waals surface area contributed by atoms with Crippen LogP contribution in [0.1, 0.15) is 10.4 Å². The normalized spacial score (nSPS) is 20.2. The van der Waals surface area contributed by atoms with Gasteiger partial charge in [0.1, 0.15) is 6.61 Å². The minimum Gasteiger partial charge on any atom is -0.486 e. The zero-order chi connectivity index (χ0) is 10.3. The Labute approximate surface area is 87.0 Å². The zero-order valence-corrected chi connectivity index (χ0v) is 8.48. The lowest BCUT2D eigenvalue weighted by atomic mass is 10.0. The third-order valence-electron chi connectivity index (χ3n) is 1.97. The lowest BCUT2D eigenvalue weighted by molar-refractivity contribution is 0.0757. The molecule has 0 amide bonds. The Balaban J connectivity index is 2.59. The molecule has 0 saturated heterocycles. The van der Waals surface area contributed by atoms with Crippen molar-refractivity contribution in [2.45, 2.75) is 6.17 Å². The van der Waals surface area contributed by atoms with Crippen molar-refractivity contribution in [3.05, 3.63) is 28.0 Å². The first-order chi connectivity index (χ1) is 6.61. The number of hydrogen-bond acceptors (Lipinski definition) is 2. The molecule has 2 rings (SSSR count). The van der Waals surface area contributed by atoms with Crippen molar-refractivity contribution in [3.63, 3.8) is 0 Å². The Bertz CT molecular complexity index is 406. The maximum atomic E-state index is 13.3. The van der Waals surface area contributed by atoms with E-state index in [9.17, 15) is 13.6 Å². The molecule has 1 aromatic carbocycles. The van der Waals surface area contributed by atoms with Gasteiger partial charge in [-0.1, -0.05) is 0 Å². The molecule has 5 heteroatoms. The molecule has 0 aliphatic carbocycles. The Morgan fingerprint density at radius 1 is 1.50 bits per heavy atom. The van der Waals surface area contributed by atoms with E-state index >= 15 is 0 Å². The predicted octanol–water partition coefficient (Wildman–Crippen LogP) is 2.50. The molecule has 0 aromatic heterocycles. The average Bonchev–Trinajstić information content (AvgIpc) is 2.17. The van der Waals surface area contributed by atoms with Gasteiger partial charge in [0.2, 0.25) is 5.78 Å². The largest absolute Gasteiger partial charge is 0.486 e. The van der Waals surface area contributed by atoms with Crippen LogP contribution in [0.15, 0.2) is 16.6 Å². The Hall–Kier alpha value is -0.970. The first kappa shape index (κ1) is 9.58. The van der Waals surface area contributed by atoms with Gasteiger partial charge in [0, 0.05) is 0 Å². The van der Waals surface area contributed by atoms with E-state index in [0.717, 1.165) is 0 Å². The van der Waals surface area contributed by atoms with Gasteiger partial charge < -0.3 is 4.74 Å². The molecule has 2 nitrogen and oxygen atoms in total. The highest BCUT2D eigenvalue weighted by atomic mass is 79.9. The maximum absolute atomic E-state index is 13.3. The fraction of sp³-hybridized carbons (Fsp3) is 0.222. The second kappa shape index (κ2) is 3.31. The van der Waals surface area contributed by atoms with Crippen molar-refractivity contribution in [1.82, 2.24) is 0 Å². The molecule has 0 fully saturated rings. The lowest BCUT2D eigenvalue weighted by Gasteiger charge is -2.19. The number of Topliss-reactive ketones (excluding diaryl/α,β-unsaturated/α-hetero) is 1. The highest BCUT2D eigenvalue weighted by Gasteiger charge is 2.31. The van der Waals surface area contributed by atoms with Gasteiger partial charge in [-0.15, -0.1) is 0 Å². The summed E-state index contributed by atoms with van der Waals surface area (Å²) in [5, 5.41) is 0. The molecule has 1 unspecified atom stereocenters. The van der Waals surface area contributed by atoms with Crippen LogP contribution in [0.5, 0.6) is 5.75 Å². The molecule has 74 valence electrons. The molecule has 1 atom stereocenters. The molecule has 1 aliphatic heterocycles. The van der Waals surface area contributed by atoms with E-state index < -0.39 is 24.4 Å². The Morgan fingerprint density at radius 3 is 2.93 bits per heavy atom. The summed E-state index contributed by atoms with van der Waals surface area (Å²) < 4.78 is 31.2. The quantitative estimate of drug-likeness (QED) is 0.718. The van der Waals surface area contributed by atoms with Gasteiger partial charge in [0.25, 0.3) is 0 Å². The van der Waals surface area contributed by atoms with Crippen LogP contribution in [0.3, 0.4) is 0 Å². The van der Waals surface area contributed by atoms with E-state index in [0.29, 0.717) is 0 Å². The average molecular weight is 263 g/mol. The fourth-order valence-electron chi connectivity index (χ4n) is 1.27. The number of halogens is 3. The summed E-state index contributed by atoms with van der Waals surface area (Å²) in [6.45, 7) is -0.417. The van der Waals surface area contributed by atoms with Crippen LogP contribution in [-0.4, -0.2) is 18.6 Å². The molecule has 1 heterocycles. The summed E-state index contributed by atoms with van der Waals surface area (Å²) in [5.74, 6) is -1.56. The molecular weight excluding hydrogens is 258 g/mol. The molecule has 0 spiro atoms. The van der Waals surface area contributed by atoms with E-state index in [1.54, 1.807) is 0 Å². The van der Waals surface area contributed by atoms with Crippen molar-refractivity contribution < 1.29 is 18.3 Å². The number of alkyl halides is 1. The number of carbonyl (C=O) groups is 1. The van der Waals surface area contributed by atoms with Crippen molar-refractivity contribution in [2.75, 3.05) is 6.61 Å². The number of fused-ring (bicyclic) bond motifs is 1. The summed E-state index contributed by atoms with van der Waals surface area (Å²) in [6.07, 6.45) is -1.69. The third kappa shape index (κ3) is 1.32. The van der Waals surface area contributed by atoms with Gasteiger partial charge in [-0.05, 0) is 28.1 Å². The Morgan fingerprint density at radius 2 is 2.21 bits per heavy atom. The monoisotopic (exact) mass is 262 g/mol. The van der Waals surface area contributed by atoms with Crippen molar-refractivity contribution in [3.8, 4) is 5.75 Å². The van der Waals surface area contributed by atoms with Gasteiger partial charge >= 0.3 is 0 Å². The summed E-state index contributed by atoms with van der Waals surface area (Å²) in [7, 11) is 0. The van der Waals surface area contributed by atoms with Gasteiger partial charge in [0.05, 0.1) is 10.0 Å². The van der Waals surface area contributed by atoms with Crippen LogP contribution in [0.25, 0.3) is 0 Å². The second-order valence-corrected chi connectivity index (χ2v) is 3.74. The highest BCUT2D eigenvalue weighted by Crippen LogP contribution is 2.33. The lowest BCUT2D eigenvalue weighted by Crippen LogP contribution is -2.29. The molecular formula is C9H5BrF2O2. The fourth-order valence-corrected chi connectivity index (χ4v) is 1.58. The van der Waals surface area contributed by atoms with E-state index in [1.165, 1.54) is 12.1 Å². The van der Waals surface area contributed by atoms with Crippen LogP contribution in [0.4, 0.5) is 8.78 Å². The topological polar surface area (TPSA) is 26.3 Å². The minimum atomic E-state index is -1.69. The van der Waals surface area contributed by atoms with Crippen LogP contribution in [0.2, 0.25) is 0 Å². The van der Waals surface area contributed by atoms with Gasteiger partial charge in [0.15, 0.2) is 17.7 Å². The Kier molecular flexibility index (Phi) is 2.26. The smallest absolute Gasteiger partial charge is 0.204 e. The molecule has 1 aliphatic rings. The maximum Gasteiger partial charge on any atom is 0.204 e. The highest BCUT2D eigenvalue weighted by molar-refractivity contribution is 9.10. The molecule has 0 bridgehead atoms. The number of rotatable bonds is 0. The molecule has 0 radical (unpaired) electrons. The van der Waals surface area contributed by atoms with Crippen LogP contribution in [0, 0.1) is 5.82 Å². The summed E-state index contributed by atoms with van der Waals surface area (Å²) in [4.78, 5) is 11.2. The van der Waals surface area contributed by atoms with Crippen molar-refractivity contribution in [1.29, 1.82) is 0 Å².